The molecule has 0 fully saturated rings. The molecule has 3 heterocycles. The Morgan fingerprint density at radius 1 is 1.06 bits per heavy atom. The summed E-state index contributed by atoms with van der Waals surface area (Å²) >= 11 is 1.59. The molecule has 176 valence electrons. The Morgan fingerprint density at radius 2 is 1.91 bits per heavy atom. The van der Waals surface area contributed by atoms with E-state index in [-0.39, 0.29) is 13.2 Å². The molecule has 35 heavy (non-hydrogen) atoms. The molecule has 8 heteroatoms. The summed E-state index contributed by atoms with van der Waals surface area (Å²) in [7, 11) is 0. The lowest BCUT2D eigenvalue weighted by molar-refractivity contribution is 0.156. The molecule has 5 aromatic rings. The van der Waals surface area contributed by atoms with Gasteiger partial charge in [0.2, 0.25) is 0 Å². The van der Waals surface area contributed by atoms with Crippen molar-refractivity contribution in [1.82, 2.24) is 14.9 Å². The van der Waals surface area contributed by atoms with Gasteiger partial charge in [0.25, 0.3) is 0 Å². The standard InChI is InChI=1S/C27H25N5O2S/c28-15-21-16-30-27-23(26(21)31-22-4-5-24-19(13-22)6-7-29-24)14-25(35-27)20-3-1-2-18(12-20)17-32(8-10-33)9-11-34/h1-7,12-14,16,29,33-34H,8-11,17H2,(H,30,31). The van der Waals surface area contributed by atoms with Crippen molar-refractivity contribution in [3.05, 3.63) is 78.1 Å². The third kappa shape index (κ3) is 4.90. The van der Waals surface area contributed by atoms with E-state index >= 15 is 0 Å². The van der Waals surface area contributed by atoms with Gasteiger partial charge in [-0.25, -0.2) is 4.98 Å². The number of pyridine rings is 1. The maximum Gasteiger partial charge on any atom is 0.126 e. The summed E-state index contributed by atoms with van der Waals surface area (Å²) in [5.74, 6) is 0. The molecule has 3 aromatic heterocycles. The zero-order valence-corrected chi connectivity index (χ0v) is 19.8. The highest BCUT2D eigenvalue weighted by atomic mass is 32.1. The minimum Gasteiger partial charge on any atom is -0.395 e. The van der Waals surface area contributed by atoms with E-state index in [1.807, 2.05) is 35.4 Å². The van der Waals surface area contributed by atoms with Gasteiger partial charge in [0.15, 0.2) is 0 Å². The van der Waals surface area contributed by atoms with E-state index in [2.05, 4.69) is 51.7 Å². The number of nitriles is 1. The number of rotatable bonds is 9. The Hall–Kier alpha value is -3.74. The van der Waals surface area contributed by atoms with Gasteiger partial charge in [0.1, 0.15) is 10.9 Å². The summed E-state index contributed by atoms with van der Waals surface area (Å²) in [6, 6.07) is 20.7. The van der Waals surface area contributed by atoms with Gasteiger partial charge in [-0.2, -0.15) is 5.26 Å². The van der Waals surface area contributed by atoms with E-state index < -0.39 is 0 Å². The van der Waals surface area contributed by atoms with Gasteiger partial charge in [-0.3, -0.25) is 4.90 Å². The van der Waals surface area contributed by atoms with Crippen LogP contribution in [0.3, 0.4) is 0 Å². The summed E-state index contributed by atoms with van der Waals surface area (Å²) in [6.07, 6.45) is 3.53. The molecule has 7 nitrogen and oxygen atoms in total. The molecule has 4 N–H and O–H groups in total. The number of aliphatic hydroxyl groups excluding tert-OH is 2. The highest BCUT2D eigenvalue weighted by molar-refractivity contribution is 7.22. The monoisotopic (exact) mass is 483 g/mol. The number of aliphatic hydroxyl groups is 2. The third-order valence-electron chi connectivity index (χ3n) is 5.96. The fraction of sp³-hybridized carbons (Fsp3) is 0.185. The van der Waals surface area contributed by atoms with E-state index in [1.54, 1.807) is 17.5 Å². The molecule has 0 atom stereocenters. The van der Waals surface area contributed by atoms with Crippen LogP contribution in [0.2, 0.25) is 0 Å². The fourth-order valence-corrected chi connectivity index (χ4v) is 5.27. The molecule has 2 aromatic carbocycles. The molecule has 0 bridgehead atoms. The average Bonchev–Trinajstić information content (AvgIpc) is 3.52. The van der Waals surface area contributed by atoms with E-state index in [0.29, 0.717) is 25.2 Å². The van der Waals surface area contributed by atoms with Crippen LogP contribution < -0.4 is 5.32 Å². The Labute approximate surface area is 206 Å². The van der Waals surface area contributed by atoms with Crippen LogP contribution in [-0.2, 0) is 6.54 Å². The predicted octanol–water partition coefficient (Wildman–Crippen LogP) is 4.85. The SMILES string of the molecule is N#Cc1cnc2sc(-c3cccc(CN(CCO)CCO)c3)cc2c1Nc1ccc2[nH]ccc2c1. The molecule has 0 saturated carbocycles. The summed E-state index contributed by atoms with van der Waals surface area (Å²) in [5, 5.41) is 33.8. The first-order valence-corrected chi connectivity index (χ1v) is 12.2. The first-order chi connectivity index (χ1) is 17.2. The largest absolute Gasteiger partial charge is 0.395 e. The zero-order chi connectivity index (χ0) is 24.2. The van der Waals surface area contributed by atoms with Gasteiger partial charge in [0.05, 0.1) is 24.5 Å². The molecule has 0 aliphatic carbocycles. The molecular weight excluding hydrogens is 458 g/mol. The Morgan fingerprint density at radius 3 is 2.71 bits per heavy atom. The number of thiophene rings is 1. The number of aromatic amines is 1. The lowest BCUT2D eigenvalue weighted by Crippen LogP contribution is -2.29. The van der Waals surface area contributed by atoms with E-state index in [4.69, 9.17) is 0 Å². The van der Waals surface area contributed by atoms with Crippen molar-refractivity contribution in [3.63, 3.8) is 0 Å². The van der Waals surface area contributed by atoms with Crippen molar-refractivity contribution < 1.29 is 10.2 Å². The minimum absolute atomic E-state index is 0.0513. The van der Waals surface area contributed by atoms with E-state index in [1.165, 1.54) is 0 Å². The van der Waals surface area contributed by atoms with Gasteiger partial charge >= 0.3 is 0 Å². The van der Waals surface area contributed by atoms with Crippen molar-refractivity contribution in [3.8, 4) is 16.5 Å². The van der Waals surface area contributed by atoms with Gasteiger partial charge < -0.3 is 20.5 Å². The number of benzene rings is 2. The molecule has 0 radical (unpaired) electrons. The molecule has 0 unspecified atom stereocenters. The molecule has 5 rings (SSSR count). The number of nitrogens with one attached hydrogen (secondary N) is 2. The number of fused-ring (bicyclic) bond motifs is 2. The lowest BCUT2D eigenvalue weighted by atomic mass is 10.1. The molecule has 0 spiro atoms. The zero-order valence-electron chi connectivity index (χ0n) is 19.0. The van der Waals surface area contributed by atoms with Crippen LogP contribution in [0.4, 0.5) is 11.4 Å². The summed E-state index contributed by atoms with van der Waals surface area (Å²) in [6.45, 7) is 1.77. The number of nitrogens with zero attached hydrogens (tertiary/aromatic N) is 3. The number of hydrogen-bond acceptors (Lipinski definition) is 7. The van der Waals surface area contributed by atoms with E-state index in [0.717, 1.165) is 48.5 Å². The summed E-state index contributed by atoms with van der Waals surface area (Å²) in [4.78, 5) is 11.7. The number of H-pyrrole nitrogens is 1. The van der Waals surface area contributed by atoms with Crippen LogP contribution in [-0.4, -0.2) is 51.4 Å². The summed E-state index contributed by atoms with van der Waals surface area (Å²) < 4.78 is 0. The van der Waals surface area contributed by atoms with Gasteiger partial charge in [-0.15, -0.1) is 11.3 Å². The highest BCUT2D eigenvalue weighted by Crippen LogP contribution is 2.39. The van der Waals surface area contributed by atoms with Crippen molar-refractivity contribution in [2.45, 2.75) is 6.54 Å². The van der Waals surface area contributed by atoms with Crippen molar-refractivity contribution >= 4 is 43.8 Å². The molecular formula is C27H25N5O2S. The highest BCUT2D eigenvalue weighted by Gasteiger charge is 2.15. The molecule has 0 aliphatic heterocycles. The quantitative estimate of drug-likeness (QED) is 0.239. The average molecular weight is 484 g/mol. The van der Waals surface area contributed by atoms with Crippen molar-refractivity contribution in [2.75, 3.05) is 31.6 Å². The van der Waals surface area contributed by atoms with E-state index in [9.17, 15) is 15.5 Å². The lowest BCUT2D eigenvalue weighted by Gasteiger charge is -2.20. The normalized spacial score (nSPS) is 11.4. The van der Waals surface area contributed by atoms with Crippen LogP contribution in [0.25, 0.3) is 31.6 Å². The van der Waals surface area contributed by atoms with Crippen LogP contribution in [0.1, 0.15) is 11.1 Å². The third-order valence-corrected chi connectivity index (χ3v) is 7.05. The number of aromatic nitrogens is 2. The second-order valence-electron chi connectivity index (χ2n) is 8.32. The van der Waals surface area contributed by atoms with Gasteiger partial charge in [-0.1, -0.05) is 18.2 Å². The number of hydrogen-bond donors (Lipinski definition) is 4. The van der Waals surface area contributed by atoms with Crippen molar-refractivity contribution in [1.29, 1.82) is 5.26 Å². The predicted molar refractivity (Wildman–Crippen MR) is 141 cm³/mol. The Balaban J connectivity index is 1.49. The Kier molecular flexibility index (Phi) is 6.75. The summed E-state index contributed by atoms with van der Waals surface area (Å²) in [5.41, 5.74) is 5.38. The topological polar surface area (TPSA) is 108 Å². The smallest absolute Gasteiger partial charge is 0.126 e. The van der Waals surface area contributed by atoms with Crippen LogP contribution in [0, 0.1) is 11.3 Å². The maximum atomic E-state index is 9.75. The fourth-order valence-electron chi connectivity index (χ4n) is 4.26. The number of anilines is 2. The minimum atomic E-state index is 0.0513. The van der Waals surface area contributed by atoms with Crippen LogP contribution >= 0.6 is 11.3 Å². The first-order valence-electron chi connectivity index (χ1n) is 11.4. The molecule has 0 aliphatic rings. The second kappa shape index (κ2) is 10.3. The van der Waals surface area contributed by atoms with Crippen LogP contribution in [0.5, 0.6) is 0 Å². The Bertz CT molecular complexity index is 1510. The molecule has 0 amide bonds. The van der Waals surface area contributed by atoms with Gasteiger partial charge in [0, 0.05) is 58.9 Å². The maximum absolute atomic E-state index is 9.75. The molecule has 0 saturated heterocycles. The van der Waals surface area contributed by atoms with Gasteiger partial charge in [-0.05, 0) is 47.5 Å². The first kappa shape index (κ1) is 23.0. The van der Waals surface area contributed by atoms with Crippen molar-refractivity contribution in [2.24, 2.45) is 0 Å². The van der Waals surface area contributed by atoms with Crippen LogP contribution in [0.15, 0.2) is 67.0 Å². The second-order valence-corrected chi connectivity index (χ2v) is 9.35.